The lowest BCUT2D eigenvalue weighted by Crippen LogP contribution is -2.28. The molecule has 0 unspecified atom stereocenters. The van der Waals surface area contributed by atoms with Gasteiger partial charge in [-0.1, -0.05) is 12.1 Å². The largest absolute Gasteiger partial charge is 0.351 e. The highest BCUT2D eigenvalue weighted by molar-refractivity contribution is 7.91. The molecule has 10 heteroatoms. The average molecular weight is 409 g/mol. The number of nitrogens with zero attached hydrogens (tertiary/aromatic N) is 2. The Kier molecular flexibility index (Phi) is 5.49. The standard InChI is InChI=1S/C17H20N4O4S2/c1-2-20-13-5-3-4-6-14(13)21(17(20)23)10-9-15(22)19-11-12-7-8-16(26-12)27(18,24)25/h3-8H,2,9-11H2,1H3,(H,19,22)(H2,18,24,25). The van der Waals surface area contributed by atoms with Gasteiger partial charge in [0.15, 0.2) is 0 Å². The molecule has 0 fully saturated rings. The minimum atomic E-state index is -3.73. The van der Waals surface area contributed by atoms with Gasteiger partial charge in [0.1, 0.15) is 4.21 Å². The Morgan fingerprint density at radius 1 is 1.15 bits per heavy atom. The maximum absolute atomic E-state index is 12.5. The van der Waals surface area contributed by atoms with E-state index >= 15 is 0 Å². The summed E-state index contributed by atoms with van der Waals surface area (Å²) >= 11 is 1.02. The molecule has 8 nitrogen and oxygen atoms in total. The second-order valence-corrected chi connectivity index (χ2v) is 8.92. The molecular formula is C17H20N4O4S2. The van der Waals surface area contributed by atoms with Gasteiger partial charge in [0.2, 0.25) is 15.9 Å². The summed E-state index contributed by atoms with van der Waals surface area (Å²) in [6.45, 7) is 2.95. The summed E-state index contributed by atoms with van der Waals surface area (Å²) in [6, 6.07) is 10.5. The van der Waals surface area contributed by atoms with Crippen LogP contribution in [0.1, 0.15) is 18.2 Å². The number of thiophene rings is 1. The first-order chi connectivity index (χ1) is 12.8. The molecule has 0 saturated heterocycles. The summed E-state index contributed by atoms with van der Waals surface area (Å²) in [5.74, 6) is -0.221. The number of carbonyl (C=O) groups is 1. The Hall–Kier alpha value is -2.43. The average Bonchev–Trinajstić information content (AvgIpc) is 3.20. The minimum Gasteiger partial charge on any atom is -0.351 e. The van der Waals surface area contributed by atoms with E-state index < -0.39 is 10.0 Å². The van der Waals surface area contributed by atoms with Crippen LogP contribution in [0.5, 0.6) is 0 Å². The zero-order valence-corrected chi connectivity index (χ0v) is 16.3. The van der Waals surface area contributed by atoms with Crippen LogP contribution in [0.15, 0.2) is 45.4 Å². The minimum absolute atomic E-state index is 0.0608. The lowest BCUT2D eigenvalue weighted by molar-refractivity contribution is -0.121. The van der Waals surface area contributed by atoms with Gasteiger partial charge in [0.05, 0.1) is 17.6 Å². The van der Waals surface area contributed by atoms with E-state index in [-0.39, 0.29) is 35.3 Å². The number of hydrogen-bond acceptors (Lipinski definition) is 5. The number of primary sulfonamides is 1. The molecule has 1 amide bonds. The van der Waals surface area contributed by atoms with Gasteiger partial charge < -0.3 is 5.32 Å². The van der Waals surface area contributed by atoms with Gasteiger partial charge in [-0.2, -0.15) is 0 Å². The van der Waals surface area contributed by atoms with Crippen molar-refractivity contribution in [1.29, 1.82) is 0 Å². The number of imidazole rings is 1. The van der Waals surface area contributed by atoms with Crippen LogP contribution < -0.4 is 16.1 Å². The van der Waals surface area contributed by atoms with E-state index in [1.54, 1.807) is 15.2 Å². The number of nitrogens with one attached hydrogen (secondary N) is 1. The van der Waals surface area contributed by atoms with Crippen LogP contribution in [0.3, 0.4) is 0 Å². The fraction of sp³-hybridized carbons (Fsp3) is 0.294. The predicted molar refractivity (Wildman–Crippen MR) is 104 cm³/mol. The SMILES string of the molecule is CCn1c(=O)n(CCC(=O)NCc2ccc(S(N)(=O)=O)s2)c2ccccc21. The molecule has 0 aliphatic rings. The molecule has 0 saturated carbocycles. The van der Waals surface area contributed by atoms with Crippen LogP contribution in [0.25, 0.3) is 11.0 Å². The predicted octanol–water partition coefficient (Wildman–Crippen LogP) is 1.24. The first-order valence-corrected chi connectivity index (χ1v) is 10.7. The van der Waals surface area contributed by atoms with Crippen molar-refractivity contribution in [3.8, 4) is 0 Å². The van der Waals surface area contributed by atoms with Crippen LogP contribution in [0, 0.1) is 0 Å². The number of aryl methyl sites for hydroxylation is 2. The number of para-hydroxylation sites is 2. The van der Waals surface area contributed by atoms with Gasteiger partial charge in [-0.25, -0.2) is 18.4 Å². The molecule has 0 aliphatic carbocycles. The van der Waals surface area contributed by atoms with Crippen LogP contribution in [0.2, 0.25) is 0 Å². The quantitative estimate of drug-likeness (QED) is 0.612. The third-order valence-corrected chi connectivity index (χ3v) is 6.70. The van der Waals surface area contributed by atoms with Crippen molar-refractivity contribution in [3.63, 3.8) is 0 Å². The first kappa shape index (κ1) is 19.3. The fourth-order valence-corrected chi connectivity index (χ4v) is 4.61. The monoisotopic (exact) mass is 408 g/mol. The van der Waals surface area contributed by atoms with Crippen molar-refractivity contribution in [2.24, 2.45) is 5.14 Å². The Labute approximate surface area is 160 Å². The molecular weight excluding hydrogens is 388 g/mol. The second kappa shape index (κ2) is 7.67. The van der Waals surface area contributed by atoms with Crippen molar-refractivity contribution >= 4 is 38.3 Å². The molecule has 1 aromatic carbocycles. The second-order valence-electron chi connectivity index (χ2n) is 5.96. The highest BCUT2D eigenvalue weighted by Gasteiger charge is 2.14. The Morgan fingerprint density at radius 3 is 2.41 bits per heavy atom. The van der Waals surface area contributed by atoms with Gasteiger partial charge in [0, 0.05) is 24.4 Å². The first-order valence-electron chi connectivity index (χ1n) is 8.37. The number of aromatic nitrogens is 2. The molecule has 0 atom stereocenters. The number of carbonyl (C=O) groups excluding carboxylic acids is 1. The molecule has 2 aromatic heterocycles. The van der Waals surface area contributed by atoms with E-state index in [2.05, 4.69) is 5.32 Å². The number of benzene rings is 1. The van der Waals surface area contributed by atoms with E-state index in [0.29, 0.717) is 11.4 Å². The number of rotatable bonds is 7. The normalized spacial score (nSPS) is 11.8. The lowest BCUT2D eigenvalue weighted by atomic mass is 10.3. The maximum atomic E-state index is 12.5. The smallest absolute Gasteiger partial charge is 0.329 e. The highest BCUT2D eigenvalue weighted by Crippen LogP contribution is 2.20. The Balaban J connectivity index is 1.65. The number of hydrogen-bond donors (Lipinski definition) is 2. The molecule has 144 valence electrons. The summed E-state index contributed by atoms with van der Waals surface area (Å²) in [7, 11) is -3.73. The Morgan fingerprint density at radius 2 is 1.81 bits per heavy atom. The van der Waals surface area contributed by atoms with E-state index in [9.17, 15) is 18.0 Å². The number of amides is 1. The third-order valence-electron chi connectivity index (χ3n) is 4.18. The number of nitrogens with two attached hydrogens (primary N) is 1. The molecule has 3 aromatic rings. The fourth-order valence-electron chi connectivity index (χ4n) is 2.89. The summed E-state index contributed by atoms with van der Waals surface area (Å²) in [4.78, 5) is 25.4. The van der Waals surface area contributed by atoms with Crippen molar-refractivity contribution < 1.29 is 13.2 Å². The van der Waals surface area contributed by atoms with E-state index in [1.165, 1.54) is 6.07 Å². The third kappa shape index (κ3) is 4.12. The molecule has 0 radical (unpaired) electrons. The van der Waals surface area contributed by atoms with E-state index in [4.69, 9.17) is 5.14 Å². The summed E-state index contributed by atoms with van der Waals surface area (Å²) in [6.07, 6.45) is 0.144. The van der Waals surface area contributed by atoms with E-state index in [0.717, 1.165) is 22.4 Å². The van der Waals surface area contributed by atoms with Crippen molar-refractivity contribution in [3.05, 3.63) is 51.8 Å². The Bertz CT molecular complexity index is 1140. The van der Waals surface area contributed by atoms with Crippen LogP contribution in [-0.2, 0) is 34.5 Å². The highest BCUT2D eigenvalue weighted by atomic mass is 32.2. The molecule has 0 spiro atoms. The van der Waals surface area contributed by atoms with Gasteiger partial charge in [-0.3, -0.25) is 13.9 Å². The molecule has 3 N–H and O–H groups in total. The maximum Gasteiger partial charge on any atom is 0.329 e. The van der Waals surface area contributed by atoms with E-state index in [1.807, 2.05) is 31.2 Å². The van der Waals surface area contributed by atoms with Crippen LogP contribution in [0.4, 0.5) is 0 Å². The van der Waals surface area contributed by atoms with Crippen molar-refractivity contribution in [2.45, 2.75) is 37.2 Å². The van der Waals surface area contributed by atoms with Crippen molar-refractivity contribution in [1.82, 2.24) is 14.5 Å². The van der Waals surface area contributed by atoms with Gasteiger partial charge in [0.25, 0.3) is 0 Å². The van der Waals surface area contributed by atoms with Crippen LogP contribution >= 0.6 is 11.3 Å². The number of fused-ring (bicyclic) bond motifs is 1. The summed E-state index contributed by atoms with van der Waals surface area (Å²) in [5, 5.41) is 7.81. The zero-order valence-electron chi connectivity index (χ0n) is 14.7. The molecule has 2 heterocycles. The lowest BCUT2D eigenvalue weighted by Gasteiger charge is -2.05. The van der Waals surface area contributed by atoms with Gasteiger partial charge in [-0.05, 0) is 31.2 Å². The topological polar surface area (TPSA) is 116 Å². The van der Waals surface area contributed by atoms with Gasteiger partial charge >= 0.3 is 5.69 Å². The number of sulfonamides is 1. The van der Waals surface area contributed by atoms with Crippen LogP contribution in [-0.4, -0.2) is 23.5 Å². The molecule has 0 aliphatic heterocycles. The van der Waals surface area contributed by atoms with Crippen molar-refractivity contribution in [2.75, 3.05) is 0 Å². The summed E-state index contributed by atoms with van der Waals surface area (Å²) in [5.41, 5.74) is 1.51. The van der Waals surface area contributed by atoms with Gasteiger partial charge in [-0.15, -0.1) is 11.3 Å². The summed E-state index contributed by atoms with van der Waals surface area (Å²) < 4.78 is 25.9. The molecule has 27 heavy (non-hydrogen) atoms. The molecule has 0 bridgehead atoms. The molecule has 3 rings (SSSR count). The zero-order chi connectivity index (χ0) is 19.6.